The minimum atomic E-state index is -3.65. The van der Waals surface area contributed by atoms with E-state index in [1.807, 2.05) is 19.0 Å². The van der Waals surface area contributed by atoms with Crippen LogP contribution in [0, 0.1) is 13.8 Å². The lowest BCUT2D eigenvalue weighted by Crippen LogP contribution is -2.40. The quantitative estimate of drug-likeness (QED) is 0.701. The van der Waals surface area contributed by atoms with E-state index in [2.05, 4.69) is 4.72 Å². The number of methoxy groups -OCH3 is 1. The van der Waals surface area contributed by atoms with Crippen molar-refractivity contribution >= 4 is 15.9 Å². The van der Waals surface area contributed by atoms with Crippen LogP contribution in [0.4, 0.5) is 0 Å². The first-order chi connectivity index (χ1) is 11.6. The monoisotopic (exact) mass is 371 g/mol. The van der Waals surface area contributed by atoms with Crippen molar-refractivity contribution in [3.05, 3.63) is 23.3 Å². The zero-order chi connectivity index (χ0) is 19.2. The summed E-state index contributed by atoms with van der Waals surface area (Å²) in [5, 5.41) is 0. The Morgan fingerprint density at radius 1 is 1.12 bits per heavy atom. The number of aryl methyl sites for hydroxylation is 2. The number of rotatable bonds is 9. The molecule has 0 heterocycles. The predicted molar refractivity (Wildman–Crippen MR) is 98.5 cm³/mol. The van der Waals surface area contributed by atoms with Crippen molar-refractivity contribution in [2.45, 2.75) is 25.7 Å². The molecule has 1 amide bonds. The number of amides is 1. The normalized spacial score (nSPS) is 11.6. The summed E-state index contributed by atoms with van der Waals surface area (Å²) in [4.78, 5) is 15.5. The van der Waals surface area contributed by atoms with E-state index in [0.717, 1.165) is 12.1 Å². The van der Waals surface area contributed by atoms with E-state index >= 15 is 0 Å². The fraction of sp³-hybridized carbons (Fsp3) is 0.588. The highest BCUT2D eigenvalue weighted by Crippen LogP contribution is 2.25. The van der Waals surface area contributed by atoms with Crippen LogP contribution >= 0.6 is 0 Å². The maximum Gasteiger partial charge on any atom is 0.240 e. The summed E-state index contributed by atoms with van der Waals surface area (Å²) in [5.74, 6) is 0.584. The van der Waals surface area contributed by atoms with E-state index in [-0.39, 0.29) is 17.3 Å². The molecule has 0 aliphatic carbocycles. The van der Waals surface area contributed by atoms with Crippen LogP contribution in [-0.4, -0.2) is 71.5 Å². The molecule has 0 saturated heterocycles. The minimum absolute atomic E-state index is 0.0717. The average Bonchev–Trinajstić information content (AvgIpc) is 2.51. The second-order valence-electron chi connectivity index (χ2n) is 6.29. The van der Waals surface area contributed by atoms with Gasteiger partial charge in [-0.2, -0.15) is 0 Å². The van der Waals surface area contributed by atoms with Gasteiger partial charge in [-0.3, -0.25) is 4.79 Å². The number of carbonyl (C=O) groups is 1. The van der Waals surface area contributed by atoms with Crippen LogP contribution in [-0.2, 0) is 14.8 Å². The van der Waals surface area contributed by atoms with Crippen LogP contribution in [0.3, 0.4) is 0 Å². The van der Waals surface area contributed by atoms with E-state index in [1.54, 1.807) is 38.0 Å². The van der Waals surface area contributed by atoms with Crippen LogP contribution in [0.25, 0.3) is 0 Å². The summed E-state index contributed by atoms with van der Waals surface area (Å²) in [6, 6.07) is 3.31. The molecule has 0 aliphatic heterocycles. The molecule has 25 heavy (non-hydrogen) atoms. The van der Waals surface area contributed by atoms with Gasteiger partial charge in [-0.05, 0) is 51.2 Å². The molecule has 1 aromatic carbocycles. The summed E-state index contributed by atoms with van der Waals surface area (Å²) < 4.78 is 32.9. The van der Waals surface area contributed by atoms with Crippen LogP contribution in [0.5, 0.6) is 5.75 Å². The first kappa shape index (κ1) is 21.4. The fourth-order valence-corrected chi connectivity index (χ4v) is 3.74. The predicted octanol–water partition coefficient (Wildman–Crippen LogP) is 1.00. The molecule has 0 saturated carbocycles. The molecule has 8 heteroatoms. The van der Waals surface area contributed by atoms with Gasteiger partial charge in [-0.1, -0.05) is 0 Å². The summed E-state index contributed by atoms with van der Waals surface area (Å²) >= 11 is 0. The molecule has 0 aromatic heterocycles. The topological polar surface area (TPSA) is 79.0 Å². The van der Waals surface area contributed by atoms with E-state index in [4.69, 9.17) is 4.74 Å². The number of nitrogens with one attached hydrogen (secondary N) is 1. The Balaban J connectivity index is 2.78. The highest BCUT2D eigenvalue weighted by atomic mass is 32.2. The first-order valence-electron chi connectivity index (χ1n) is 8.13. The molecular weight excluding hydrogens is 342 g/mol. The third kappa shape index (κ3) is 6.30. The van der Waals surface area contributed by atoms with Gasteiger partial charge >= 0.3 is 0 Å². The largest absolute Gasteiger partial charge is 0.496 e. The van der Waals surface area contributed by atoms with Crippen molar-refractivity contribution < 1.29 is 17.9 Å². The summed E-state index contributed by atoms with van der Waals surface area (Å²) in [6.45, 7) is 6.80. The maximum atomic E-state index is 12.6. The third-order valence-electron chi connectivity index (χ3n) is 3.92. The number of hydrogen-bond donors (Lipinski definition) is 1. The number of sulfonamides is 1. The molecule has 0 fully saturated rings. The lowest BCUT2D eigenvalue weighted by Gasteiger charge is -2.23. The Morgan fingerprint density at radius 2 is 1.76 bits per heavy atom. The van der Waals surface area contributed by atoms with Crippen molar-refractivity contribution in [1.29, 1.82) is 0 Å². The second-order valence-corrected chi connectivity index (χ2v) is 8.03. The van der Waals surface area contributed by atoms with E-state index in [1.165, 1.54) is 6.92 Å². The number of ether oxygens (including phenoxy) is 1. The number of nitrogens with zero attached hydrogens (tertiary/aromatic N) is 2. The second kappa shape index (κ2) is 9.17. The van der Waals surface area contributed by atoms with Crippen molar-refractivity contribution in [1.82, 2.24) is 14.5 Å². The fourth-order valence-electron chi connectivity index (χ4n) is 2.41. The zero-order valence-electron chi connectivity index (χ0n) is 15.9. The van der Waals surface area contributed by atoms with E-state index < -0.39 is 10.0 Å². The van der Waals surface area contributed by atoms with Crippen molar-refractivity contribution in [3.8, 4) is 5.75 Å². The van der Waals surface area contributed by atoms with Gasteiger partial charge in [0.25, 0.3) is 0 Å². The van der Waals surface area contributed by atoms with Crippen molar-refractivity contribution in [2.75, 3.05) is 47.4 Å². The molecule has 142 valence electrons. The molecule has 0 aliphatic rings. The molecule has 1 rings (SSSR count). The van der Waals surface area contributed by atoms with Crippen LogP contribution in [0.2, 0.25) is 0 Å². The lowest BCUT2D eigenvalue weighted by atomic mass is 10.1. The Morgan fingerprint density at radius 3 is 2.28 bits per heavy atom. The zero-order valence-corrected chi connectivity index (χ0v) is 16.7. The highest BCUT2D eigenvalue weighted by molar-refractivity contribution is 7.89. The van der Waals surface area contributed by atoms with Gasteiger partial charge in [-0.25, -0.2) is 13.1 Å². The van der Waals surface area contributed by atoms with Crippen molar-refractivity contribution in [2.24, 2.45) is 0 Å². The highest BCUT2D eigenvalue weighted by Gasteiger charge is 2.19. The van der Waals surface area contributed by atoms with Crippen LogP contribution in [0.15, 0.2) is 17.0 Å². The Labute approximate surface area is 151 Å². The average molecular weight is 372 g/mol. The van der Waals surface area contributed by atoms with Gasteiger partial charge in [0.05, 0.1) is 12.0 Å². The molecule has 0 unspecified atom stereocenters. The minimum Gasteiger partial charge on any atom is -0.496 e. The van der Waals surface area contributed by atoms with Gasteiger partial charge in [0.2, 0.25) is 15.9 Å². The Bertz CT molecular complexity index is 702. The Hall–Kier alpha value is -1.64. The smallest absolute Gasteiger partial charge is 0.240 e. The van der Waals surface area contributed by atoms with Crippen LogP contribution in [0.1, 0.15) is 18.1 Å². The Kier molecular flexibility index (Phi) is 7.85. The third-order valence-corrected chi connectivity index (χ3v) is 5.52. The molecule has 0 spiro atoms. The van der Waals surface area contributed by atoms with Gasteiger partial charge in [0, 0.05) is 33.1 Å². The maximum absolute atomic E-state index is 12.6. The van der Waals surface area contributed by atoms with Gasteiger partial charge in [-0.15, -0.1) is 0 Å². The number of likely N-dealkylation sites (N-methyl/N-ethyl adjacent to an activating group) is 1. The summed E-state index contributed by atoms with van der Waals surface area (Å²) in [6.07, 6.45) is 0. The van der Waals surface area contributed by atoms with Gasteiger partial charge < -0.3 is 14.5 Å². The van der Waals surface area contributed by atoms with E-state index in [9.17, 15) is 13.2 Å². The standard InChI is InChI=1S/C17H29N3O4S/c1-13-12-17(14(2)11-16(13)24-6)25(22,23)18-7-8-20(15(3)21)10-9-19(4)5/h11-12,18H,7-10H2,1-6H3. The molecule has 0 radical (unpaired) electrons. The number of benzene rings is 1. The molecule has 1 N–H and O–H groups in total. The lowest BCUT2D eigenvalue weighted by molar-refractivity contribution is -0.128. The summed E-state index contributed by atoms with van der Waals surface area (Å²) in [5.41, 5.74) is 1.37. The summed E-state index contributed by atoms with van der Waals surface area (Å²) in [7, 11) is 1.76. The van der Waals surface area contributed by atoms with E-state index in [0.29, 0.717) is 24.4 Å². The number of hydrogen-bond acceptors (Lipinski definition) is 5. The molecule has 0 atom stereocenters. The van der Waals surface area contributed by atoms with Gasteiger partial charge in [0.1, 0.15) is 5.75 Å². The molecule has 7 nitrogen and oxygen atoms in total. The SMILES string of the molecule is COc1cc(C)c(S(=O)(=O)NCCN(CCN(C)C)C(C)=O)cc1C. The van der Waals surface area contributed by atoms with Gasteiger partial charge in [0.15, 0.2) is 0 Å². The first-order valence-corrected chi connectivity index (χ1v) is 9.62. The van der Waals surface area contributed by atoms with Crippen molar-refractivity contribution in [3.63, 3.8) is 0 Å². The molecular formula is C17H29N3O4S. The molecule has 1 aromatic rings. The number of carbonyl (C=O) groups excluding carboxylic acids is 1. The van der Waals surface area contributed by atoms with Crippen LogP contribution < -0.4 is 9.46 Å². The molecule has 0 bridgehead atoms.